The molecule has 2 heterocycles. The summed E-state index contributed by atoms with van der Waals surface area (Å²) in [4.78, 5) is 40.1. The average Bonchev–Trinajstić information content (AvgIpc) is 2.83. The molecule has 2 aromatic rings. The second kappa shape index (κ2) is 9.89. The van der Waals surface area contributed by atoms with E-state index in [0.29, 0.717) is 25.1 Å². The van der Waals surface area contributed by atoms with Gasteiger partial charge in [-0.15, -0.1) is 0 Å². The van der Waals surface area contributed by atoms with Crippen molar-refractivity contribution in [2.24, 2.45) is 5.92 Å². The number of nitrogens with one attached hydrogen (secondary N) is 1. The van der Waals surface area contributed by atoms with Crippen molar-refractivity contribution in [1.29, 1.82) is 0 Å². The molecule has 0 spiro atoms. The number of allylic oxidation sites excluding steroid dienone is 1. The lowest BCUT2D eigenvalue weighted by molar-refractivity contribution is 0.0690. The Kier molecular flexibility index (Phi) is 6.90. The van der Waals surface area contributed by atoms with Crippen LogP contribution in [0.2, 0.25) is 0 Å². The van der Waals surface area contributed by atoms with Crippen LogP contribution in [0.1, 0.15) is 59.0 Å². The van der Waals surface area contributed by atoms with Gasteiger partial charge in [0.2, 0.25) is 5.43 Å². The van der Waals surface area contributed by atoms with E-state index in [0.717, 1.165) is 31.7 Å². The molecule has 1 fully saturated rings. The van der Waals surface area contributed by atoms with Crippen molar-refractivity contribution in [1.82, 2.24) is 14.9 Å². The molecule has 1 aliphatic carbocycles. The molecule has 1 aliphatic heterocycles. The van der Waals surface area contributed by atoms with E-state index in [-0.39, 0.29) is 30.0 Å². The number of halogens is 2. The van der Waals surface area contributed by atoms with E-state index in [1.54, 1.807) is 0 Å². The molecule has 0 unspecified atom stereocenters. The lowest BCUT2D eigenvalue weighted by Crippen LogP contribution is -2.55. The molecule has 1 aromatic carbocycles. The Balaban J connectivity index is 1.64. The van der Waals surface area contributed by atoms with Crippen LogP contribution in [0.4, 0.5) is 8.78 Å². The summed E-state index contributed by atoms with van der Waals surface area (Å²) in [5, 5.41) is 14.9. The van der Waals surface area contributed by atoms with Gasteiger partial charge in [0.15, 0.2) is 11.4 Å². The van der Waals surface area contributed by atoms with Crippen LogP contribution in [0.3, 0.4) is 0 Å². The van der Waals surface area contributed by atoms with Crippen molar-refractivity contribution < 1.29 is 23.5 Å². The van der Waals surface area contributed by atoms with Gasteiger partial charge in [-0.2, -0.15) is 0 Å². The van der Waals surface area contributed by atoms with Gasteiger partial charge in [-0.3, -0.25) is 24.1 Å². The Labute approximate surface area is 201 Å². The largest absolute Gasteiger partial charge is 0.502 e. The number of carbonyl (C=O) groups is 2. The highest BCUT2D eigenvalue weighted by atomic mass is 19.1. The minimum absolute atomic E-state index is 0.0383. The van der Waals surface area contributed by atoms with Gasteiger partial charge in [0.25, 0.3) is 11.8 Å². The van der Waals surface area contributed by atoms with E-state index in [9.17, 15) is 28.3 Å². The molecule has 35 heavy (non-hydrogen) atoms. The van der Waals surface area contributed by atoms with Crippen molar-refractivity contribution in [2.75, 3.05) is 24.8 Å². The van der Waals surface area contributed by atoms with Crippen LogP contribution in [0.5, 0.6) is 5.75 Å². The monoisotopic (exact) mass is 486 g/mol. The highest BCUT2D eigenvalue weighted by Crippen LogP contribution is 2.29. The van der Waals surface area contributed by atoms with Gasteiger partial charge in [-0.05, 0) is 44.6 Å². The summed E-state index contributed by atoms with van der Waals surface area (Å²) < 4.78 is 28.5. The van der Waals surface area contributed by atoms with E-state index in [2.05, 4.69) is 11.9 Å². The molecule has 0 radical (unpaired) electrons. The fourth-order valence-corrected chi connectivity index (χ4v) is 4.54. The first-order valence-electron chi connectivity index (χ1n) is 11.6. The lowest BCUT2D eigenvalue weighted by Gasteiger charge is -2.41. The number of hydrogen-bond donors (Lipinski definition) is 2. The molecule has 1 aromatic heterocycles. The topological polar surface area (TPSA) is 94.9 Å². The molecule has 8 nitrogen and oxygen atoms in total. The average molecular weight is 487 g/mol. The minimum Gasteiger partial charge on any atom is -0.502 e. The molecule has 2 amide bonds. The Morgan fingerprint density at radius 3 is 2.60 bits per heavy atom. The standard InChI is InChI=1S/C25H28F2N4O4/c1-3-29-14-30(12-16-6-4-15(2)5-7-16)31-13-19(22(32)23(33)21(31)25(29)35)24(34)28-11-17-8-9-18(26)10-20(17)27/h8-10,13,16,33H,2-7,11-12,14H2,1H3,(H,28,34). The van der Waals surface area contributed by atoms with Gasteiger partial charge >= 0.3 is 0 Å². The van der Waals surface area contributed by atoms with Gasteiger partial charge < -0.3 is 15.3 Å². The molecule has 2 aliphatic rings. The molecule has 0 atom stereocenters. The molecule has 2 N–H and O–H groups in total. The fraction of sp³-hybridized carbons (Fsp3) is 0.400. The number of rotatable bonds is 6. The normalized spacial score (nSPS) is 16.4. The number of aromatic nitrogens is 1. The van der Waals surface area contributed by atoms with Crippen LogP contribution in [0.25, 0.3) is 0 Å². The number of fused-ring (bicyclic) bond motifs is 1. The molecule has 186 valence electrons. The van der Waals surface area contributed by atoms with E-state index in [1.165, 1.54) is 27.4 Å². The zero-order valence-corrected chi connectivity index (χ0v) is 19.5. The maximum absolute atomic E-state index is 13.9. The Bertz CT molecular complexity index is 1230. The molecule has 0 bridgehead atoms. The second-order valence-corrected chi connectivity index (χ2v) is 9.02. The van der Waals surface area contributed by atoms with Gasteiger partial charge in [0.1, 0.15) is 23.9 Å². The molecule has 1 saturated carbocycles. The highest BCUT2D eigenvalue weighted by Gasteiger charge is 2.34. The molecular weight excluding hydrogens is 458 g/mol. The van der Waals surface area contributed by atoms with Crippen LogP contribution in [0.15, 0.2) is 41.3 Å². The van der Waals surface area contributed by atoms with Crippen LogP contribution in [-0.4, -0.2) is 46.3 Å². The van der Waals surface area contributed by atoms with E-state index >= 15 is 0 Å². The molecule has 0 saturated heterocycles. The summed E-state index contributed by atoms with van der Waals surface area (Å²) in [7, 11) is 0. The fourth-order valence-electron chi connectivity index (χ4n) is 4.54. The van der Waals surface area contributed by atoms with Crippen LogP contribution in [-0.2, 0) is 6.54 Å². The third-order valence-electron chi connectivity index (χ3n) is 6.66. The van der Waals surface area contributed by atoms with Crippen molar-refractivity contribution in [3.8, 4) is 5.75 Å². The third kappa shape index (κ3) is 4.91. The summed E-state index contributed by atoms with van der Waals surface area (Å²) in [5.41, 5.74) is -0.314. The summed E-state index contributed by atoms with van der Waals surface area (Å²) in [5.74, 6) is -3.42. The third-order valence-corrected chi connectivity index (χ3v) is 6.66. The van der Waals surface area contributed by atoms with Gasteiger partial charge in [-0.1, -0.05) is 18.2 Å². The predicted octanol–water partition coefficient (Wildman–Crippen LogP) is 2.88. The number of pyridine rings is 1. The van der Waals surface area contributed by atoms with Crippen LogP contribution in [0, 0.1) is 17.6 Å². The van der Waals surface area contributed by atoms with Crippen molar-refractivity contribution >= 4 is 11.8 Å². The first-order valence-corrected chi connectivity index (χ1v) is 11.6. The zero-order chi connectivity index (χ0) is 25.3. The first-order chi connectivity index (χ1) is 16.7. The smallest absolute Gasteiger partial charge is 0.277 e. The lowest BCUT2D eigenvalue weighted by atomic mass is 9.86. The quantitative estimate of drug-likeness (QED) is 0.613. The molecular formula is C25H28F2N4O4. The Morgan fingerprint density at radius 1 is 1.23 bits per heavy atom. The minimum atomic E-state index is -0.992. The first kappa shape index (κ1) is 24.4. The Morgan fingerprint density at radius 2 is 1.94 bits per heavy atom. The summed E-state index contributed by atoms with van der Waals surface area (Å²) in [6.45, 7) is 6.75. The van der Waals surface area contributed by atoms with Crippen LogP contribution >= 0.6 is 0 Å². The van der Waals surface area contributed by atoms with Gasteiger partial charge in [-0.25, -0.2) is 8.78 Å². The number of benzene rings is 1. The SMILES string of the molecule is C=C1CCC(CN2CN(CC)C(=O)c3c(O)c(=O)c(C(=O)NCc4ccc(F)cc4F)cn32)CC1. The number of carbonyl (C=O) groups excluding carboxylic acids is 2. The summed E-state index contributed by atoms with van der Waals surface area (Å²) >= 11 is 0. The number of hydrogen-bond acceptors (Lipinski definition) is 5. The Hall–Kier alpha value is -3.69. The van der Waals surface area contributed by atoms with Crippen molar-refractivity contribution in [2.45, 2.75) is 39.2 Å². The number of amides is 2. The van der Waals surface area contributed by atoms with E-state index in [4.69, 9.17) is 0 Å². The van der Waals surface area contributed by atoms with Crippen LogP contribution < -0.4 is 15.8 Å². The number of aromatic hydroxyl groups is 1. The van der Waals surface area contributed by atoms with Gasteiger partial charge in [0.05, 0.1) is 0 Å². The zero-order valence-electron chi connectivity index (χ0n) is 19.5. The summed E-state index contributed by atoms with van der Waals surface area (Å²) in [6, 6.07) is 2.96. The highest BCUT2D eigenvalue weighted by molar-refractivity contribution is 5.99. The molecule has 10 heteroatoms. The van der Waals surface area contributed by atoms with E-state index < -0.39 is 34.6 Å². The second-order valence-electron chi connectivity index (χ2n) is 9.02. The van der Waals surface area contributed by atoms with Crippen molar-refractivity contribution in [3.63, 3.8) is 0 Å². The molecule has 4 rings (SSSR count). The van der Waals surface area contributed by atoms with Crippen molar-refractivity contribution in [3.05, 3.63) is 75.2 Å². The summed E-state index contributed by atoms with van der Waals surface area (Å²) in [6.07, 6.45) is 4.97. The maximum Gasteiger partial charge on any atom is 0.277 e. The maximum atomic E-state index is 13.9. The van der Waals surface area contributed by atoms with Gasteiger partial charge in [0, 0.05) is 37.5 Å². The predicted molar refractivity (Wildman–Crippen MR) is 126 cm³/mol. The van der Waals surface area contributed by atoms with E-state index in [1.807, 2.05) is 11.9 Å². The number of nitrogens with zero attached hydrogens (tertiary/aromatic N) is 3.